The van der Waals surface area contributed by atoms with E-state index in [9.17, 15) is 13.2 Å². The lowest BCUT2D eigenvalue weighted by Gasteiger charge is -2.30. The van der Waals surface area contributed by atoms with Crippen molar-refractivity contribution in [3.8, 4) is 0 Å². The Morgan fingerprint density at radius 2 is 1.81 bits per heavy atom. The first kappa shape index (κ1) is 18.4. The molecule has 1 heterocycles. The van der Waals surface area contributed by atoms with Crippen LogP contribution in [0.5, 0.6) is 0 Å². The van der Waals surface area contributed by atoms with E-state index in [0.717, 1.165) is 6.42 Å². The van der Waals surface area contributed by atoms with Crippen LogP contribution in [0.2, 0.25) is 0 Å². The summed E-state index contributed by atoms with van der Waals surface area (Å²) in [6, 6.07) is 0. The van der Waals surface area contributed by atoms with E-state index in [-0.39, 0.29) is 23.1 Å². The van der Waals surface area contributed by atoms with E-state index >= 15 is 0 Å². The summed E-state index contributed by atoms with van der Waals surface area (Å²) < 4.78 is 31.0. The molecular weight excluding hydrogens is 290 g/mol. The quantitative estimate of drug-likeness (QED) is 0.705. The Morgan fingerprint density at radius 3 is 2.29 bits per heavy atom. The number of esters is 1. The summed E-state index contributed by atoms with van der Waals surface area (Å²) in [6.45, 7) is 9.30. The summed E-state index contributed by atoms with van der Waals surface area (Å²) in [5.74, 6) is -0.136. The minimum absolute atomic E-state index is 0.0418. The van der Waals surface area contributed by atoms with Gasteiger partial charge >= 0.3 is 5.97 Å². The van der Waals surface area contributed by atoms with Crippen LogP contribution in [0.15, 0.2) is 0 Å². The molecule has 0 atom stereocenters. The third-order valence-corrected chi connectivity index (χ3v) is 5.54. The van der Waals surface area contributed by atoms with Gasteiger partial charge in [-0.05, 0) is 24.7 Å². The molecule has 0 aromatic carbocycles. The van der Waals surface area contributed by atoms with Crippen LogP contribution in [0.25, 0.3) is 0 Å². The number of rotatable bonds is 6. The van der Waals surface area contributed by atoms with Crippen molar-refractivity contribution < 1.29 is 17.9 Å². The van der Waals surface area contributed by atoms with Crippen LogP contribution >= 0.6 is 0 Å². The Kier molecular flexibility index (Phi) is 6.66. The lowest BCUT2D eigenvalue weighted by molar-refractivity contribution is -0.152. The number of ether oxygens (including phenoxy) is 1. The second-order valence-electron chi connectivity index (χ2n) is 7.01. The Labute approximate surface area is 129 Å². The Hall–Kier alpha value is -0.620. The van der Waals surface area contributed by atoms with Gasteiger partial charge in [0.15, 0.2) is 0 Å². The molecule has 0 N–H and O–H groups in total. The standard InChI is InChI=1S/C15H29NO4S/c1-5-6-11-21(18,19)16-9-7-13(8-10-16)14(17)20-12-15(2,3)4/h13H,5-12H2,1-4H3. The van der Waals surface area contributed by atoms with Crippen LogP contribution in [0.4, 0.5) is 0 Å². The van der Waals surface area contributed by atoms with Crippen LogP contribution in [0.3, 0.4) is 0 Å². The molecule has 0 saturated carbocycles. The van der Waals surface area contributed by atoms with Crippen molar-refractivity contribution in [1.29, 1.82) is 0 Å². The number of hydrogen-bond donors (Lipinski definition) is 0. The number of nitrogens with zero attached hydrogens (tertiary/aromatic N) is 1. The van der Waals surface area contributed by atoms with Crippen LogP contribution in [-0.4, -0.2) is 44.1 Å². The minimum atomic E-state index is -3.15. The highest BCUT2D eigenvalue weighted by molar-refractivity contribution is 7.89. The fourth-order valence-electron chi connectivity index (χ4n) is 2.23. The number of piperidine rings is 1. The average Bonchev–Trinajstić information content (AvgIpc) is 2.42. The number of carbonyl (C=O) groups excluding carboxylic acids is 1. The Bertz CT molecular complexity index is 431. The first-order valence-corrected chi connectivity index (χ1v) is 9.41. The maximum atomic E-state index is 12.1. The van der Waals surface area contributed by atoms with Crippen molar-refractivity contribution >= 4 is 16.0 Å². The average molecular weight is 319 g/mol. The van der Waals surface area contributed by atoms with Crippen molar-refractivity contribution in [1.82, 2.24) is 4.31 Å². The highest BCUT2D eigenvalue weighted by Gasteiger charge is 2.31. The first-order valence-electron chi connectivity index (χ1n) is 7.80. The largest absolute Gasteiger partial charge is 0.465 e. The van der Waals surface area contributed by atoms with Crippen LogP contribution in [0, 0.1) is 11.3 Å². The first-order chi connectivity index (χ1) is 9.65. The van der Waals surface area contributed by atoms with Crippen molar-refractivity contribution in [2.45, 2.75) is 53.4 Å². The summed E-state index contributed by atoms with van der Waals surface area (Å²) in [5, 5.41) is 0. The van der Waals surface area contributed by atoms with E-state index in [4.69, 9.17) is 4.74 Å². The molecule has 0 radical (unpaired) electrons. The Balaban J connectivity index is 2.43. The lowest BCUT2D eigenvalue weighted by atomic mass is 9.97. The molecule has 0 bridgehead atoms. The van der Waals surface area contributed by atoms with E-state index in [2.05, 4.69) is 0 Å². The van der Waals surface area contributed by atoms with Gasteiger partial charge in [-0.15, -0.1) is 0 Å². The molecule has 0 aromatic heterocycles. The van der Waals surface area contributed by atoms with Crippen LogP contribution < -0.4 is 0 Å². The zero-order valence-electron chi connectivity index (χ0n) is 13.7. The van der Waals surface area contributed by atoms with E-state index in [1.54, 1.807) is 0 Å². The highest BCUT2D eigenvalue weighted by Crippen LogP contribution is 2.23. The van der Waals surface area contributed by atoms with Gasteiger partial charge in [0.05, 0.1) is 18.3 Å². The molecule has 124 valence electrons. The summed E-state index contributed by atoms with van der Waals surface area (Å²) in [5.41, 5.74) is -0.0418. The monoisotopic (exact) mass is 319 g/mol. The van der Waals surface area contributed by atoms with Gasteiger partial charge in [-0.2, -0.15) is 0 Å². The lowest BCUT2D eigenvalue weighted by Crippen LogP contribution is -2.41. The molecule has 1 saturated heterocycles. The van der Waals surface area contributed by atoms with Gasteiger partial charge in [0, 0.05) is 13.1 Å². The molecule has 0 aliphatic carbocycles. The second-order valence-corrected chi connectivity index (χ2v) is 9.10. The molecule has 1 fully saturated rings. The van der Waals surface area contributed by atoms with Gasteiger partial charge in [0.25, 0.3) is 0 Å². The summed E-state index contributed by atoms with van der Waals surface area (Å²) in [7, 11) is -3.15. The van der Waals surface area contributed by atoms with Crippen molar-refractivity contribution in [3.05, 3.63) is 0 Å². The van der Waals surface area contributed by atoms with Gasteiger partial charge in [0.1, 0.15) is 0 Å². The molecular formula is C15H29NO4S. The van der Waals surface area contributed by atoms with E-state index in [1.165, 1.54) is 4.31 Å². The fourth-order valence-corrected chi connectivity index (χ4v) is 3.91. The SMILES string of the molecule is CCCCS(=O)(=O)N1CCC(C(=O)OCC(C)(C)C)CC1. The molecule has 21 heavy (non-hydrogen) atoms. The van der Waals surface area contributed by atoms with Gasteiger partial charge in [-0.1, -0.05) is 34.1 Å². The topological polar surface area (TPSA) is 63.7 Å². The smallest absolute Gasteiger partial charge is 0.309 e. The highest BCUT2D eigenvalue weighted by atomic mass is 32.2. The number of sulfonamides is 1. The van der Waals surface area contributed by atoms with Crippen LogP contribution in [0.1, 0.15) is 53.4 Å². The van der Waals surface area contributed by atoms with Gasteiger partial charge in [0.2, 0.25) is 10.0 Å². The predicted octanol–water partition coefficient (Wildman–Crippen LogP) is 2.42. The predicted molar refractivity (Wildman–Crippen MR) is 83.4 cm³/mol. The van der Waals surface area contributed by atoms with E-state index < -0.39 is 10.0 Å². The molecule has 0 amide bonds. The summed E-state index contributed by atoms with van der Waals surface area (Å²) >= 11 is 0. The Morgan fingerprint density at radius 1 is 1.24 bits per heavy atom. The van der Waals surface area contributed by atoms with Gasteiger partial charge in [-0.3, -0.25) is 4.79 Å². The zero-order valence-corrected chi connectivity index (χ0v) is 14.5. The third kappa shape index (κ3) is 6.34. The minimum Gasteiger partial charge on any atom is -0.465 e. The number of hydrogen-bond acceptors (Lipinski definition) is 4. The van der Waals surface area contributed by atoms with Crippen LogP contribution in [-0.2, 0) is 19.6 Å². The van der Waals surface area contributed by atoms with E-state index in [0.29, 0.717) is 39.0 Å². The molecule has 0 spiro atoms. The molecule has 0 aromatic rings. The molecule has 1 aliphatic heterocycles. The van der Waals surface area contributed by atoms with Gasteiger partial charge in [-0.25, -0.2) is 12.7 Å². The molecule has 1 rings (SSSR count). The molecule has 0 unspecified atom stereocenters. The molecule has 6 heteroatoms. The normalized spacial score (nSPS) is 18.7. The fraction of sp³-hybridized carbons (Fsp3) is 0.933. The zero-order chi connectivity index (χ0) is 16.1. The summed E-state index contributed by atoms with van der Waals surface area (Å²) in [4.78, 5) is 12.0. The molecule has 5 nitrogen and oxygen atoms in total. The number of unbranched alkanes of at least 4 members (excludes halogenated alkanes) is 1. The second kappa shape index (κ2) is 7.58. The van der Waals surface area contributed by atoms with E-state index in [1.807, 2.05) is 27.7 Å². The summed E-state index contributed by atoms with van der Waals surface area (Å²) in [6.07, 6.45) is 2.69. The maximum Gasteiger partial charge on any atom is 0.309 e. The van der Waals surface area contributed by atoms with Crippen molar-refractivity contribution in [3.63, 3.8) is 0 Å². The van der Waals surface area contributed by atoms with Crippen molar-refractivity contribution in [2.24, 2.45) is 11.3 Å². The maximum absolute atomic E-state index is 12.1. The molecule has 1 aliphatic rings. The van der Waals surface area contributed by atoms with Gasteiger partial charge < -0.3 is 4.74 Å². The third-order valence-electron chi connectivity index (χ3n) is 3.58. The number of carbonyl (C=O) groups is 1. The van der Waals surface area contributed by atoms with Crippen molar-refractivity contribution in [2.75, 3.05) is 25.4 Å².